The first-order chi connectivity index (χ1) is 60.3. The highest BCUT2D eigenvalue weighted by Gasteiger charge is 2.47. The Kier molecular flexibility index (Phi) is 31.9. The van der Waals surface area contributed by atoms with Gasteiger partial charge in [0.1, 0.15) is 5.69 Å². The van der Waals surface area contributed by atoms with Crippen LogP contribution in [-0.2, 0) is 19.2 Å². The van der Waals surface area contributed by atoms with Gasteiger partial charge in [0.05, 0.1) is 123 Å². The lowest BCUT2D eigenvalue weighted by Crippen LogP contribution is -2.47. The quantitative estimate of drug-likeness (QED) is 0.0285. The number of hydrogen-bond donors (Lipinski definition) is 1. The first kappa shape index (κ1) is 93.1. The zero-order valence-electron chi connectivity index (χ0n) is 74.2. The standard InChI is InChI=1S/C36H39N5O5S.C30H41N3O5.C28H38N4O7S/c1-23(25-9-6-5-7-10-25)39-17-19-40(20-18-39)30-12-8-11-27-33(30)36(44)41(35(27)43)29(26-13-14-31(45-3)32(21-26)46-4)15-16-37-34(42)28-22-47-24(2)38-28;1-6-31-14-16-32(17-15-31)25-10-7-9-23-28(25)30(35)33(29(23)34)24(11-8-18-38-20-21(2)3)22-12-13-26(36-4)27(19-22)37-5;1-6-30-14-16-31(17-15-30)23-10-7-9-21-26(23)28(34)32(27(21)33)22(11-8-18-39-40(35,36)29(2)3)20-12-13-24(37-4)25(19-20)38-5/h5-14,21-23,29H,15-20H2,1-4H3,(H,37,42);7,9-10,12-13,19,21,24H,6,8,11,14-18,20H2,1-5H3;7,9-10,12-13,19,22H,6,8,11,14-18H2,1-5H3/t23-,29-;24-;22-/m111/s1. The second-order valence-corrected chi connectivity index (χ2v) is 34.9. The van der Waals surface area contributed by atoms with Gasteiger partial charge in [0.2, 0.25) is 0 Å². The molecule has 6 aliphatic heterocycles. The first-order valence-corrected chi connectivity index (χ1v) is 45.1. The van der Waals surface area contributed by atoms with Crippen molar-refractivity contribution in [2.75, 3.05) is 189 Å². The molecule has 0 aliphatic carbocycles. The molecule has 3 saturated heterocycles. The molecule has 8 aromatic rings. The average Bonchev–Trinajstić information content (AvgIpc) is 1.61. The number of rotatable bonds is 35. The van der Waals surface area contributed by atoms with Crippen LogP contribution in [0.25, 0.3) is 0 Å². The number of piperazine rings is 3. The fourth-order valence-corrected chi connectivity index (χ4v) is 18.2. The molecule has 125 heavy (non-hydrogen) atoms. The van der Waals surface area contributed by atoms with Crippen LogP contribution >= 0.6 is 11.3 Å². The zero-order chi connectivity index (χ0) is 89.3. The van der Waals surface area contributed by atoms with E-state index >= 15 is 0 Å². The van der Waals surface area contributed by atoms with Crippen LogP contribution < -0.4 is 48.4 Å². The van der Waals surface area contributed by atoms with Crippen molar-refractivity contribution in [1.29, 1.82) is 0 Å². The molecule has 1 aromatic heterocycles. The van der Waals surface area contributed by atoms with Gasteiger partial charge in [-0.1, -0.05) is 94.4 Å². The number of ether oxygens (including phenoxy) is 7. The van der Waals surface area contributed by atoms with Crippen molar-refractivity contribution in [3.05, 3.63) is 211 Å². The van der Waals surface area contributed by atoms with Gasteiger partial charge in [-0.2, -0.15) is 12.7 Å². The Bertz CT molecular complexity index is 5240. The number of anilines is 3. The Morgan fingerprint density at radius 1 is 0.464 bits per heavy atom. The lowest BCUT2D eigenvalue weighted by molar-refractivity contribution is 0.0541. The number of imide groups is 3. The molecule has 1 N–H and O–H groups in total. The van der Waals surface area contributed by atoms with E-state index in [1.54, 1.807) is 82.4 Å². The molecule has 0 saturated carbocycles. The molecule has 31 heteroatoms. The molecular formula is C94H118N12O17S2. The van der Waals surface area contributed by atoms with Crippen LogP contribution in [0.15, 0.2) is 145 Å². The summed E-state index contributed by atoms with van der Waals surface area (Å²) in [4.78, 5) is 119. The normalized spacial score (nSPS) is 16.6. The molecule has 668 valence electrons. The summed E-state index contributed by atoms with van der Waals surface area (Å²) in [5.41, 5.74) is 8.80. The number of aryl methyl sites for hydroxylation is 1. The maximum Gasteiger partial charge on any atom is 0.337 e. The topological polar surface area (TPSA) is 285 Å². The maximum atomic E-state index is 14.4. The number of thiazole rings is 1. The molecule has 7 aromatic carbocycles. The van der Waals surface area contributed by atoms with Gasteiger partial charge >= 0.3 is 10.3 Å². The highest BCUT2D eigenvalue weighted by atomic mass is 32.2. The van der Waals surface area contributed by atoms with Crippen LogP contribution in [0.3, 0.4) is 0 Å². The average molecular weight is 1750 g/mol. The minimum Gasteiger partial charge on any atom is -0.493 e. The van der Waals surface area contributed by atoms with Crippen molar-refractivity contribution >= 4 is 80.1 Å². The zero-order valence-corrected chi connectivity index (χ0v) is 75.8. The Morgan fingerprint density at radius 2 is 0.848 bits per heavy atom. The Morgan fingerprint density at radius 3 is 1.21 bits per heavy atom. The largest absolute Gasteiger partial charge is 0.493 e. The van der Waals surface area contributed by atoms with Crippen LogP contribution in [0.1, 0.15) is 191 Å². The maximum absolute atomic E-state index is 14.4. The lowest BCUT2D eigenvalue weighted by Gasteiger charge is -2.39. The van der Waals surface area contributed by atoms with Gasteiger partial charge in [0.15, 0.2) is 34.5 Å². The number of likely N-dealkylation sites (N-methyl/N-ethyl adjacent to an activating group) is 2. The highest BCUT2D eigenvalue weighted by Crippen LogP contribution is 2.46. The molecular weight excluding hydrogens is 1630 g/mol. The van der Waals surface area contributed by atoms with Crippen molar-refractivity contribution in [2.45, 2.75) is 97.8 Å². The number of hydrogen-bond acceptors (Lipinski definition) is 25. The minimum absolute atomic E-state index is 0.0968. The van der Waals surface area contributed by atoms with E-state index in [0.717, 1.165) is 124 Å². The number of aromatic nitrogens is 1. The number of methoxy groups -OCH3 is 6. The Balaban J connectivity index is 0.000000172. The third kappa shape index (κ3) is 21.1. The summed E-state index contributed by atoms with van der Waals surface area (Å²) in [7, 11) is 8.25. The molecule has 6 aliphatic rings. The smallest absolute Gasteiger partial charge is 0.337 e. The van der Waals surface area contributed by atoms with Gasteiger partial charge in [0, 0.05) is 124 Å². The summed E-state index contributed by atoms with van der Waals surface area (Å²) in [6.07, 6.45) is 2.16. The van der Waals surface area contributed by atoms with Crippen LogP contribution in [0.4, 0.5) is 17.1 Å². The number of benzene rings is 7. The van der Waals surface area contributed by atoms with Crippen molar-refractivity contribution in [1.82, 2.24) is 44.0 Å². The fraction of sp³-hybridized carbons (Fsp3) is 0.447. The van der Waals surface area contributed by atoms with Crippen molar-refractivity contribution in [3.63, 3.8) is 0 Å². The molecule has 0 spiro atoms. The molecule has 7 amide bonds. The van der Waals surface area contributed by atoms with E-state index in [0.29, 0.717) is 123 Å². The number of carbonyl (C=O) groups excluding carboxylic acids is 7. The highest BCUT2D eigenvalue weighted by molar-refractivity contribution is 7.84. The van der Waals surface area contributed by atoms with E-state index < -0.39 is 28.4 Å². The summed E-state index contributed by atoms with van der Waals surface area (Å²) in [6, 6.07) is 41.8. The predicted molar refractivity (Wildman–Crippen MR) is 481 cm³/mol. The lowest BCUT2D eigenvalue weighted by atomic mass is 9.99. The van der Waals surface area contributed by atoms with E-state index in [4.69, 9.17) is 37.3 Å². The second-order valence-electron chi connectivity index (χ2n) is 32.0. The Labute approximate surface area is 738 Å². The first-order valence-electron chi connectivity index (χ1n) is 42.8. The van der Waals surface area contributed by atoms with Gasteiger partial charge in [-0.25, -0.2) is 4.98 Å². The molecule has 3 fully saturated rings. The third-order valence-electron chi connectivity index (χ3n) is 24.0. The number of carbonyl (C=O) groups is 7. The van der Waals surface area contributed by atoms with E-state index in [1.807, 2.05) is 73.7 Å². The van der Waals surface area contributed by atoms with E-state index in [9.17, 15) is 42.0 Å². The van der Waals surface area contributed by atoms with Crippen LogP contribution in [0.5, 0.6) is 34.5 Å². The van der Waals surface area contributed by atoms with Crippen molar-refractivity contribution < 1.29 is 79.3 Å². The molecule has 29 nitrogen and oxygen atoms in total. The summed E-state index contributed by atoms with van der Waals surface area (Å²) in [5, 5.41) is 5.42. The van der Waals surface area contributed by atoms with Gasteiger partial charge in [0.25, 0.3) is 41.4 Å². The van der Waals surface area contributed by atoms with Crippen molar-refractivity contribution in [2.24, 2.45) is 5.92 Å². The van der Waals surface area contributed by atoms with E-state index in [1.165, 1.54) is 59.9 Å². The molecule has 0 radical (unpaired) electrons. The van der Waals surface area contributed by atoms with Crippen molar-refractivity contribution in [3.8, 4) is 34.5 Å². The monoisotopic (exact) mass is 1750 g/mol. The van der Waals surface area contributed by atoms with E-state index in [-0.39, 0.29) is 73.4 Å². The van der Waals surface area contributed by atoms with Gasteiger partial charge < -0.3 is 63.0 Å². The molecule has 0 unspecified atom stereocenters. The van der Waals surface area contributed by atoms with Gasteiger partial charge in [-0.3, -0.25) is 57.3 Å². The van der Waals surface area contributed by atoms with Gasteiger partial charge in [-0.05, 0) is 160 Å². The third-order valence-corrected chi connectivity index (χ3v) is 26.1. The summed E-state index contributed by atoms with van der Waals surface area (Å²) in [6.45, 7) is 25.9. The SMILES string of the molecule is CCN1CCN(c2cccc3c2C(=O)N([C@H](CCCOCC(C)C)c2ccc(OC)c(OC)c2)C3=O)CC1.CCN1CCN(c2cccc3c2C(=O)N([C@H](CCCOS(=O)(=O)N(C)C)c2ccc(OC)c(OC)c2)C3=O)CC1.COc1ccc([C@@H](CCNC(=O)c2csc(C)n2)N2C(=O)c3cccc(N4CCN([C@H](C)c5ccccc5)CC4)c3C2=O)cc1OC. The predicted octanol–water partition coefficient (Wildman–Crippen LogP) is 12.9. The van der Waals surface area contributed by atoms with Crippen LogP contribution in [0, 0.1) is 12.8 Å². The number of nitrogens with zero attached hydrogens (tertiary/aromatic N) is 11. The summed E-state index contributed by atoms with van der Waals surface area (Å²) < 4.78 is 68.9. The van der Waals surface area contributed by atoms with E-state index in [2.05, 4.69) is 98.6 Å². The fourth-order valence-electron chi connectivity index (χ4n) is 17.0. The van der Waals surface area contributed by atoms with Crippen LogP contribution in [-0.4, -0.2) is 263 Å². The molecule has 0 bridgehead atoms. The number of fused-ring (bicyclic) bond motifs is 3. The molecule has 4 atom stereocenters. The van der Waals surface area contributed by atoms with Gasteiger partial charge in [-0.15, -0.1) is 11.3 Å². The second kappa shape index (κ2) is 42.8. The Hall–Kier alpha value is -11.0. The number of amides is 7. The minimum atomic E-state index is -3.85. The molecule has 7 heterocycles. The number of nitrogens with one attached hydrogen (secondary N) is 1. The molecule has 14 rings (SSSR count). The van der Waals surface area contributed by atoms with Crippen LogP contribution in [0.2, 0.25) is 0 Å². The summed E-state index contributed by atoms with van der Waals surface area (Å²) in [5.74, 6) is 1.38. The summed E-state index contributed by atoms with van der Waals surface area (Å²) >= 11 is 1.40.